The molecule has 0 spiro atoms. The Hall–Kier alpha value is -0.770. The number of nitrogens with zero attached hydrogens (tertiary/aromatic N) is 1. The van der Waals surface area contributed by atoms with Crippen LogP contribution in [0.4, 0.5) is 8.78 Å². The van der Waals surface area contributed by atoms with Crippen LogP contribution in [-0.2, 0) is 4.79 Å². The van der Waals surface area contributed by atoms with Crippen molar-refractivity contribution >= 4 is 5.78 Å². The largest absolute Gasteiger partial charge is 0.298 e. The van der Waals surface area contributed by atoms with Crippen LogP contribution >= 0.6 is 0 Å². The van der Waals surface area contributed by atoms with E-state index in [1.165, 1.54) is 0 Å². The fourth-order valence-electron chi connectivity index (χ4n) is 2.20. The number of halogens is 2. The summed E-state index contributed by atoms with van der Waals surface area (Å²) >= 11 is 0. The summed E-state index contributed by atoms with van der Waals surface area (Å²) in [7, 11) is 0. The highest BCUT2D eigenvalue weighted by Crippen LogP contribution is 2.33. The monoisotopic (exact) mass is 245 g/mol. The smallest absolute Gasteiger partial charge is 0.270 e. The summed E-state index contributed by atoms with van der Waals surface area (Å²) in [6.45, 7) is 9.69. The minimum Gasteiger partial charge on any atom is -0.298 e. The van der Waals surface area contributed by atoms with Crippen molar-refractivity contribution in [3.8, 4) is 0 Å². The van der Waals surface area contributed by atoms with Gasteiger partial charge in [0.25, 0.3) is 6.08 Å². The Kier molecular flexibility index (Phi) is 4.07. The molecule has 0 aromatic heterocycles. The molecule has 0 aromatic carbocycles. The first-order valence-electron chi connectivity index (χ1n) is 5.98. The molecule has 1 saturated heterocycles. The normalized spacial score (nSPS) is 22.4. The lowest BCUT2D eigenvalue weighted by molar-refractivity contribution is -0.127. The minimum atomic E-state index is -1.63. The summed E-state index contributed by atoms with van der Waals surface area (Å²) in [5.41, 5.74) is -0.161. The quantitative estimate of drug-likeness (QED) is 0.744. The maximum absolute atomic E-state index is 12.7. The van der Waals surface area contributed by atoms with E-state index < -0.39 is 12.1 Å². The number of carbonyl (C=O) groups is 1. The number of hydrogen-bond acceptors (Lipinski definition) is 2. The second-order valence-electron chi connectivity index (χ2n) is 5.94. The lowest BCUT2D eigenvalue weighted by atomic mass is 9.96. The lowest BCUT2D eigenvalue weighted by Crippen LogP contribution is -2.48. The van der Waals surface area contributed by atoms with Crippen molar-refractivity contribution in [2.24, 2.45) is 5.92 Å². The van der Waals surface area contributed by atoms with Gasteiger partial charge in [0.1, 0.15) is 0 Å². The Balaban J connectivity index is 3.02. The molecule has 1 aliphatic rings. The summed E-state index contributed by atoms with van der Waals surface area (Å²) in [5.74, 6) is -0.0666. The summed E-state index contributed by atoms with van der Waals surface area (Å²) in [6.07, 6.45) is -1.45. The van der Waals surface area contributed by atoms with Gasteiger partial charge in [0.15, 0.2) is 5.78 Å². The van der Waals surface area contributed by atoms with Crippen LogP contribution in [0.1, 0.15) is 41.0 Å². The molecule has 0 N–H and O–H groups in total. The van der Waals surface area contributed by atoms with Gasteiger partial charge in [-0.05, 0) is 27.2 Å². The van der Waals surface area contributed by atoms with Crippen molar-refractivity contribution in [3.63, 3.8) is 0 Å². The predicted molar refractivity (Wildman–Crippen MR) is 64.0 cm³/mol. The van der Waals surface area contributed by atoms with Gasteiger partial charge in [-0.2, -0.15) is 8.78 Å². The van der Waals surface area contributed by atoms with Crippen LogP contribution in [0.2, 0.25) is 0 Å². The summed E-state index contributed by atoms with van der Waals surface area (Å²) in [5, 5.41) is 0. The number of ketones is 1. The van der Waals surface area contributed by atoms with Crippen LogP contribution in [0, 0.1) is 5.92 Å². The molecule has 0 aromatic rings. The lowest BCUT2D eigenvalue weighted by Gasteiger charge is -2.36. The Labute approximate surface area is 102 Å². The molecule has 1 aliphatic heterocycles. The van der Waals surface area contributed by atoms with Crippen molar-refractivity contribution in [1.82, 2.24) is 4.90 Å². The Morgan fingerprint density at radius 3 is 2.24 bits per heavy atom. The SMILES string of the molecule is CC(C)C(=O)[C@@H]1CC(=C(F)F)CN1C(C)(C)C. The zero-order valence-electron chi connectivity index (χ0n) is 11.2. The van der Waals surface area contributed by atoms with Crippen molar-refractivity contribution < 1.29 is 13.6 Å². The fourth-order valence-corrected chi connectivity index (χ4v) is 2.20. The highest BCUT2D eigenvalue weighted by Gasteiger charge is 2.41. The molecule has 2 nitrogen and oxygen atoms in total. The van der Waals surface area contributed by atoms with Gasteiger partial charge in [-0.1, -0.05) is 13.8 Å². The van der Waals surface area contributed by atoms with Crippen molar-refractivity contribution in [3.05, 3.63) is 11.7 Å². The molecule has 1 rings (SSSR count). The van der Waals surface area contributed by atoms with Gasteiger partial charge in [0, 0.05) is 23.6 Å². The zero-order chi connectivity index (χ0) is 13.4. The van der Waals surface area contributed by atoms with Crippen LogP contribution in [0.25, 0.3) is 0 Å². The van der Waals surface area contributed by atoms with E-state index in [2.05, 4.69) is 0 Å². The molecule has 0 unspecified atom stereocenters. The zero-order valence-corrected chi connectivity index (χ0v) is 11.2. The molecule has 17 heavy (non-hydrogen) atoms. The molecule has 0 saturated carbocycles. The van der Waals surface area contributed by atoms with E-state index in [9.17, 15) is 13.6 Å². The topological polar surface area (TPSA) is 20.3 Å². The molecule has 0 bridgehead atoms. The van der Waals surface area contributed by atoms with Crippen LogP contribution in [-0.4, -0.2) is 28.8 Å². The second-order valence-corrected chi connectivity index (χ2v) is 5.94. The molecule has 0 aliphatic carbocycles. The standard InChI is InChI=1S/C13H21F2NO/c1-8(2)11(17)10-6-9(12(14)15)7-16(10)13(3,4)5/h8,10H,6-7H2,1-5H3/t10-/m0/s1. The van der Waals surface area contributed by atoms with Gasteiger partial charge in [-0.3, -0.25) is 9.69 Å². The third kappa shape index (κ3) is 3.12. The highest BCUT2D eigenvalue weighted by molar-refractivity contribution is 5.86. The summed E-state index contributed by atoms with van der Waals surface area (Å²) in [4.78, 5) is 13.9. The van der Waals surface area contributed by atoms with E-state index >= 15 is 0 Å². The third-order valence-electron chi connectivity index (χ3n) is 3.20. The molecule has 1 atom stereocenters. The number of hydrogen-bond donors (Lipinski definition) is 0. The second kappa shape index (κ2) is 4.84. The Morgan fingerprint density at radius 1 is 1.35 bits per heavy atom. The molecule has 98 valence electrons. The van der Waals surface area contributed by atoms with E-state index in [0.717, 1.165) is 0 Å². The van der Waals surface area contributed by atoms with Crippen molar-refractivity contribution in [2.75, 3.05) is 6.54 Å². The average molecular weight is 245 g/mol. The first-order chi connectivity index (χ1) is 7.64. The van der Waals surface area contributed by atoms with Gasteiger partial charge >= 0.3 is 0 Å². The molecular formula is C13H21F2NO. The number of carbonyl (C=O) groups excluding carboxylic acids is 1. The highest BCUT2D eigenvalue weighted by atomic mass is 19.3. The summed E-state index contributed by atoms with van der Waals surface area (Å²) < 4.78 is 25.4. The minimum absolute atomic E-state index is 0.0520. The van der Waals surface area contributed by atoms with Crippen LogP contribution in [0.5, 0.6) is 0 Å². The van der Waals surface area contributed by atoms with Crippen LogP contribution in [0.15, 0.2) is 11.7 Å². The molecule has 0 radical (unpaired) electrons. The Bertz CT molecular complexity index is 338. The molecule has 0 amide bonds. The number of rotatable bonds is 2. The number of likely N-dealkylation sites (tertiary alicyclic amines) is 1. The molecule has 1 fully saturated rings. The number of Topliss-reactive ketones (excluding diaryl/α,β-unsaturated/α-hetero) is 1. The molecule has 1 heterocycles. The van der Waals surface area contributed by atoms with Gasteiger partial charge in [-0.25, -0.2) is 0 Å². The van der Waals surface area contributed by atoms with Gasteiger partial charge in [0.2, 0.25) is 0 Å². The van der Waals surface area contributed by atoms with Gasteiger partial charge in [0.05, 0.1) is 6.04 Å². The molecular weight excluding hydrogens is 224 g/mol. The van der Waals surface area contributed by atoms with Gasteiger partial charge < -0.3 is 0 Å². The van der Waals surface area contributed by atoms with Crippen LogP contribution < -0.4 is 0 Å². The molecule has 4 heteroatoms. The third-order valence-corrected chi connectivity index (χ3v) is 3.20. The average Bonchev–Trinajstić information content (AvgIpc) is 2.59. The van der Waals surface area contributed by atoms with Crippen LogP contribution in [0.3, 0.4) is 0 Å². The van der Waals surface area contributed by atoms with Crippen molar-refractivity contribution in [1.29, 1.82) is 0 Å². The predicted octanol–water partition coefficient (Wildman–Crippen LogP) is 3.23. The van der Waals surface area contributed by atoms with E-state index in [0.29, 0.717) is 0 Å². The van der Waals surface area contributed by atoms with Crippen molar-refractivity contribution in [2.45, 2.75) is 52.6 Å². The van der Waals surface area contributed by atoms with Gasteiger partial charge in [-0.15, -0.1) is 0 Å². The van der Waals surface area contributed by atoms with E-state index in [1.807, 2.05) is 39.5 Å². The fraction of sp³-hybridized carbons (Fsp3) is 0.769. The van der Waals surface area contributed by atoms with E-state index in [-0.39, 0.29) is 35.8 Å². The van der Waals surface area contributed by atoms with E-state index in [4.69, 9.17) is 0 Å². The maximum Gasteiger partial charge on any atom is 0.270 e. The summed E-state index contributed by atoms with van der Waals surface area (Å²) in [6, 6.07) is -0.397. The van der Waals surface area contributed by atoms with E-state index in [1.54, 1.807) is 0 Å². The maximum atomic E-state index is 12.7. The first-order valence-corrected chi connectivity index (χ1v) is 5.98. The Morgan fingerprint density at radius 2 is 1.88 bits per heavy atom. The first kappa shape index (κ1) is 14.3.